The van der Waals surface area contributed by atoms with E-state index in [2.05, 4.69) is 10.3 Å². The van der Waals surface area contributed by atoms with Gasteiger partial charge in [0.15, 0.2) is 11.5 Å². The number of benzene rings is 2. The standard InChI is InChI=1S/C24H22N2O7S/c1-12-18(24(28)32-5)19(23-25-14-8-6-7-9-17(14)34-23)22(33-12)26-21(27)13-10-15(29-2)20(31-4)16(11-13)30-3/h6-11H,1-5H3,(H,26,27). The van der Waals surface area contributed by atoms with Crippen molar-refractivity contribution in [1.29, 1.82) is 0 Å². The summed E-state index contributed by atoms with van der Waals surface area (Å²) < 4.78 is 27.7. The lowest BCUT2D eigenvalue weighted by Crippen LogP contribution is -2.13. The third-order valence-electron chi connectivity index (χ3n) is 5.14. The van der Waals surface area contributed by atoms with Gasteiger partial charge in [-0.15, -0.1) is 11.3 Å². The third kappa shape index (κ3) is 4.03. The van der Waals surface area contributed by atoms with Gasteiger partial charge in [-0.1, -0.05) is 12.1 Å². The number of aromatic nitrogens is 1. The maximum atomic E-state index is 13.2. The molecule has 1 amide bonds. The zero-order valence-corrected chi connectivity index (χ0v) is 20.0. The average molecular weight is 483 g/mol. The van der Waals surface area contributed by atoms with Crippen molar-refractivity contribution in [2.24, 2.45) is 0 Å². The van der Waals surface area contributed by atoms with Crippen molar-refractivity contribution >= 4 is 39.3 Å². The van der Waals surface area contributed by atoms with Crippen LogP contribution < -0.4 is 19.5 Å². The Hall–Kier alpha value is -4.05. The van der Waals surface area contributed by atoms with Gasteiger partial charge in [0.25, 0.3) is 5.91 Å². The van der Waals surface area contributed by atoms with E-state index in [0.717, 1.165) is 10.2 Å². The highest BCUT2D eigenvalue weighted by molar-refractivity contribution is 7.21. The Balaban J connectivity index is 1.81. The van der Waals surface area contributed by atoms with E-state index >= 15 is 0 Å². The second kappa shape index (κ2) is 9.44. The molecule has 0 aliphatic rings. The molecule has 2 heterocycles. The largest absolute Gasteiger partial charge is 0.493 e. The van der Waals surface area contributed by atoms with Crippen LogP contribution in [0.2, 0.25) is 0 Å². The van der Waals surface area contributed by atoms with Crippen molar-refractivity contribution in [3.8, 4) is 27.8 Å². The number of hydrogen-bond donors (Lipinski definition) is 1. The van der Waals surface area contributed by atoms with E-state index in [0.29, 0.717) is 33.6 Å². The molecule has 2 aromatic carbocycles. The molecule has 0 saturated carbocycles. The molecule has 0 atom stereocenters. The maximum absolute atomic E-state index is 13.2. The first-order valence-corrected chi connectivity index (χ1v) is 10.9. The van der Waals surface area contributed by atoms with Crippen molar-refractivity contribution in [1.82, 2.24) is 4.98 Å². The molecule has 10 heteroatoms. The first-order chi connectivity index (χ1) is 16.4. The fourth-order valence-electron chi connectivity index (χ4n) is 3.55. The van der Waals surface area contributed by atoms with Crippen LogP contribution in [-0.2, 0) is 4.74 Å². The van der Waals surface area contributed by atoms with Gasteiger partial charge < -0.3 is 23.4 Å². The van der Waals surface area contributed by atoms with Crippen molar-refractivity contribution in [2.45, 2.75) is 6.92 Å². The monoisotopic (exact) mass is 482 g/mol. The molecule has 34 heavy (non-hydrogen) atoms. The lowest BCUT2D eigenvalue weighted by molar-refractivity contribution is 0.0599. The van der Waals surface area contributed by atoms with E-state index in [1.807, 2.05) is 24.3 Å². The number of nitrogens with zero attached hydrogens (tertiary/aromatic N) is 1. The fraction of sp³-hybridized carbons (Fsp3) is 0.208. The Morgan fingerprint density at radius 3 is 2.26 bits per heavy atom. The quantitative estimate of drug-likeness (QED) is 0.369. The third-order valence-corrected chi connectivity index (χ3v) is 6.19. The summed E-state index contributed by atoms with van der Waals surface area (Å²) in [6.07, 6.45) is 0. The van der Waals surface area contributed by atoms with Gasteiger partial charge in [-0.2, -0.15) is 0 Å². The SMILES string of the molecule is COC(=O)c1c(C)oc(NC(=O)c2cc(OC)c(OC)c(OC)c2)c1-c1nc2ccccc2s1. The molecule has 9 nitrogen and oxygen atoms in total. The molecular formula is C24H22N2O7S. The highest BCUT2D eigenvalue weighted by atomic mass is 32.1. The molecule has 0 bridgehead atoms. The van der Waals surface area contributed by atoms with Crippen LogP contribution in [0, 0.1) is 6.92 Å². The van der Waals surface area contributed by atoms with Crippen LogP contribution >= 0.6 is 11.3 Å². The summed E-state index contributed by atoms with van der Waals surface area (Å²) in [5.74, 6) is 0.277. The van der Waals surface area contributed by atoms with Crippen molar-refractivity contribution in [3.63, 3.8) is 0 Å². The van der Waals surface area contributed by atoms with Crippen LogP contribution in [0.25, 0.3) is 20.8 Å². The lowest BCUT2D eigenvalue weighted by Gasteiger charge is -2.14. The zero-order chi connectivity index (χ0) is 24.4. The van der Waals surface area contributed by atoms with Gasteiger partial charge in [-0.25, -0.2) is 9.78 Å². The zero-order valence-electron chi connectivity index (χ0n) is 19.2. The topological polar surface area (TPSA) is 109 Å². The minimum Gasteiger partial charge on any atom is -0.493 e. The molecule has 0 fully saturated rings. The van der Waals surface area contributed by atoms with Gasteiger partial charge in [0.2, 0.25) is 11.6 Å². The first kappa shape index (κ1) is 23.1. The van der Waals surface area contributed by atoms with E-state index in [-0.39, 0.29) is 17.0 Å². The Labute approximate surface area is 199 Å². The summed E-state index contributed by atoms with van der Waals surface area (Å²) in [5, 5.41) is 3.26. The molecule has 0 aliphatic carbocycles. The Morgan fingerprint density at radius 2 is 1.68 bits per heavy atom. The number of carbonyl (C=O) groups is 2. The summed E-state index contributed by atoms with van der Waals surface area (Å²) in [6, 6.07) is 10.6. The van der Waals surface area contributed by atoms with Gasteiger partial charge in [-0.05, 0) is 31.2 Å². The number of aryl methyl sites for hydroxylation is 1. The summed E-state index contributed by atoms with van der Waals surface area (Å²) >= 11 is 1.37. The Bertz CT molecular complexity index is 1330. The number of furan rings is 1. The summed E-state index contributed by atoms with van der Waals surface area (Å²) in [6.45, 7) is 1.62. The van der Waals surface area contributed by atoms with Gasteiger partial charge in [0.1, 0.15) is 16.3 Å². The lowest BCUT2D eigenvalue weighted by atomic mass is 10.1. The number of esters is 1. The Morgan fingerprint density at radius 1 is 1.00 bits per heavy atom. The summed E-state index contributed by atoms with van der Waals surface area (Å²) in [5.41, 5.74) is 1.55. The number of fused-ring (bicyclic) bond motifs is 1. The molecule has 4 rings (SSSR count). The van der Waals surface area contributed by atoms with Gasteiger partial charge in [0, 0.05) is 5.56 Å². The predicted octanol–water partition coefficient (Wildman–Crippen LogP) is 4.93. The first-order valence-electron chi connectivity index (χ1n) is 10.1. The van der Waals surface area contributed by atoms with Crippen molar-refractivity contribution in [2.75, 3.05) is 33.8 Å². The number of methoxy groups -OCH3 is 4. The van der Waals surface area contributed by atoms with Crippen LogP contribution in [-0.4, -0.2) is 45.3 Å². The van der Waals surface area contributed by atoms with E-state index in [1.165, 1.54) is 51.9 Å². The summed E-state index contributed by atoms with van der Waals surface area (Å²) in [4.78, 5) is 30.4. The number of para-hydroxylation sites is 1. The predicted molar refractivity (Wildman–Crippen MR) is 127 cm³/mol. The number of rotatable bonds is 7. The molecule has 0 aliphatic heterocycles. The molecule has 0 saturated heterocycles. The fourth-order valence-corrected chi connectivity index (χ4v) is 4.57. The number of hydrogen-bond acceptors (Lipinski definition) is 9. The maximum Gasteiger partial charge on any atom is 0.342 e. The molecule has 1 N–H and O–H groups in total. The smallest absolute Gasteiger partial charge is 0.342 e. The number of amides is 1. The van der Waals surface area contributed by atoms with Crippen molar-refractivity contribution in [3.05, 3.63) is 53.3 Å². The minimum absolute atomic E-state index is 0.0794. The van der Waals surface area contributed by atoms with Crippen LogP contribution in [0.1, 0.15) is 26.5 Å². The minimum atomic E-state index is -0.594. The number of thiazole rings is 1. The second-order valence-electron chi connectivity index (χ2n) is 7.08. The molecule has 0 spiro atoms. The average Bonchev–Trinajstić information content (AvgIpc) is 3.42. The number of nitrogens with one attached hydrogen (secondary N) is 1. The number of anilines is 1. The van der Waals surface area contributed by atoms with Crippen LogP contribution in [0.15, 0.2) is 40.8 Å². The van der Waals surface area contributed by atoms with Crippen LogP contribution in [0.5, 0.6) is 17.2 Å². The molecule has 0 unspecified atom stereocenters. The molecule has 176 valence electrons. The second-order valence-corrected chi connectivity index (χ2v) is 8.11. The van der Waals surface area contributed by atoms with E-state index in [4.69, 9.17) is 23.4 Å². The summed E-state index contributed by atoms with van der Waals surface area (Å²) in [7, 11) is 5.68. The molecule has 2 aromatic heterocycles. The van der Waals surface area contributed by atoms with Crippen LogP contribution in [0.3, 0.4) is 0 Å². The Kier molecular flexibility index (Phi) is 6.42. The van der Waals surface area contributed by atoms with E-state index in [1.54, 1.807) is 6.92 Å². The molecule has 0 radical (unpaired) electrons. The number of carbonyl (C=O) groups excluding carboxylic acids is 2. The van der Waals surface area contributed by atoms with E-state index in [9.17, 15) is 9.59 Å². The molecule has 4 aromatic rings. The molecular weight excluding hydrogens is 460 g/mol. The van der Waals surface area contributed by atoms with E-state index < -0.39 is 11.9 Å². The van der Waals surface area contributed by atoms with Gasteiger partial charge in [0.05, 0.1) is 44.2 Å². The highest BCUT2D eigenvalue weighted by Gasteiger charge is 2.29. The van der Waals surface area contributed by atoms with Crippen molar-refractivity contribution < 1.29 is 33.0 Å². The van der Waals surface area contributed by atoms with Gasteiger partial charge in [-0.3, -0.25) is 10.1 Å². The van der Waals surface area contributed by atoms with Gasteiger partial charge >= 0.3 is 5.97 Å². The normalized spacial score (nSPS) is 10.7. The highest BCUT2D eigenvalue weighted by Crippen LogP contribution is 2.42. The van der Waals surface area contributed by atoms with Crippen LogP contribution in [0.4, 0.5) is 5.88 Å². The number of ether oxygens (including phenoxy) is 4.